The van der Waals surface area contributed by atoms with Gasteiger partial charge in [-0.3, -0.25) is 0 Å². The van der Waals surface area contributed by atoms with E-state index in [-0.39, 0.29) is 4.90 Å². The van der Waals surface area contributed by atoms with Crippen molar-refractivity contribution >= 4 is 27.8 Å². The molecule has 2 rings (SSSR count). The van der Waals surface area contributed by atoms with Crippen LogP contribution in [-0.4, -0.2) is 27.8 Å². The monoisotopic (exact) mass is 409 g/mol. The van der Waals surface area contributed by atoms with Gasteiger partial charge in [0.15, 0.2) is 11.5 Å². The SMILES string of the molecule is CCOc1cc(/C=N\S(=O)(=O)c2ccc(C)cc2)cc(Cl)c1OCC(C)C. The van der Waals surface area contributed by atoms with E-state index in [1.807, 2.05) is 27.7 Å². The Labute approximate surface area is 166 Å². The molecule has 2 aromatic carbocycles. The summed E-state index contributed by atoms with van der Waals surface area (Å²) in [4.78, 5) is 0.136. The van der Waals surface area contributed by atoms with Crippen molar-refractivity contribution < 1.29 is 17.9 Å². The van der Waals surface area contributed by atoms with Crippen molar-refractivity contribution in [2.75, 3.05) is 13.2 Å². The fraction of sp³-hybridized carbons (Fsp3) is 0.350. The number of rotatable bonds is 8. The average molecular weight is 410 g/mol. The van der Waals surface area contributed by atoms with Crippen LogP contribution in [0, 0.1) is 12.8 Å². The number of hydrogen-bond donors (Lipinski definition) is 0. The van der Waals surface area contributed by atoms with Crippen LogP contribution in [0.2, 0.25) is 5.02 Å². The number of hydrogen-bond acceptors (Lipinski definition) is 4. The Kier molecular flexibility index (Phi) is 7.27. The Balaban J connectivity index is 2.32. The molecule has 0 radical (unpaired) electrons. The van der Waals surface area contributed by atoms with Crippen LogP contribution in [0.1, 0.15) is 31.9 Å². The summed E-state index contributed by atoms with van der Waals surface area (Å²) >= 11 is 6.32. The van der Waals surface area contributed by atoms with Gasteiger partial charge in [0.05, 0.1) is 23.1 Å². The van der Waals surface area contributed by atoms with Crippen LogP contribution in [0.15, 0.2) is 45.7 Å². The summed E-state index contributed by atoms with van der Waals surface area (Å²) in [6.07, 6.45) is 1.26. The van der Waals surface area contributed by atoms with E-state index < -0.39 is 10.0 Å². The van der Waals surface area contributed by atoms with Gasteiger partial charge >= 0.3 is 0 Å². The third kappa shape index (κ3) is 5.97. The minimum atomic E-state index is -3.79. The minimum absolute atomic E-state index is 0.136. The highest BCUT2D eigenvalue weighted by Crippen LogP contribution is 2.36. The van der Waals surface area contributed by atoms with Crippen LogP contribution >= 0.6 is 11.6 Å². The average Bonchev–Trinajstić information content (AvgIpc) is 2.60. The van der Waals surface area contributed by atoms with Gasteiger partial charge in [0.2, 0.25) is 0 Å². The Hall–Kier alpha value is -2.05. The van der Waals surface area contributed by atoms with Crippen molar-refractivity contribution in [3.63, 3.8) is 0 Å². The Morgan fingerprint density at radius 1 is 1.15 bits per heavy atom. The maximum atomic E-state index is 12.4. The van der Waals surface area contributed by atoms with Gasteiger partial charge in [-0.05, 0) is 49.6 Å². The van der Waals surface area contributed by atoms with Crippen molar-refractivity contribution in [3.05, 3.63) is 52.5 Å². The predicted molar refractivity (Wildman–Crippen MR) is 109 cm³/mol. The second-order valence-corrected chi connectivity index (χ2v) is 8.53. The molecule has 0 N–H and O–H groups in total. The van der Waals surface area contributed by atoms with E-state index in [2.05, 4.69) is 4.40 Å². The first-order valence-electron chi connectivity index (χ1n) is 8.69. The van der Waals surface area contributed by atoms with Gasteiger partial charge in [-0.1, -0.05) is 43.1 Å². The first kappa shape index (κ1) is 21.3. The molecular weight excluding hydrogens is 386 g/mol. The number of nitrogens with zero attached hydrogens (tertiary/aromatic N) is 1. The summed E-state index contributed by atoms with van der Waals surface area (Å²) in [5.74, 6) is 1.24. The molecule has 27 heavy (non-hydrogen) atoms. The lowest BCUT2D eigenvalue weighted by Gasteiger charge is -2.15. The molecule has 0 aliphatic heterocycles. The first-order chi connectivity index (χ1) is 12.7. The topological polar surface area (TPSA) is 65.0 Å². The number of aryl methyl sites for hydroxylation is 1. The lowest BCUT2D eigenvalue weighted by molar-refractivity contribution is 0.248. The second kappa shape index (κ2) is 9.24. The van der Waals surface area contributed by atoms with Crippen molar-refractivity contribution in [1.82, 2.24) is 0 Å². The molecule has 0 fully saturated rings. The molecule has 0 bridgehead atoms. The van der Waals surface area contributed by atoms with Crippen LogP contribution in [0.3, 0.4) is 0 Å². The van der Waals surface area contributed by atoms with Gasteiger partial charge in [0.1, 0.15) is 0 Å². The molecule has 7 heteroatoms. The number of sulfonamides is 1. The molecule has 0 heterocycles. The van der Waals surface area contributed by atoms with E-state index in [0.29, 0.717) is 41.2 Å². The number of halogens is 1. The largest absolute Gasteiger partial charge is 0.490 e. The molecule has 146 valence electrons. The molecule has 0 spiro atoms. The quantitative estimate of drug-likeness (QED) is 0.582. The molecule has 0 aliphatic carbocycles. The molecule has 0 aromatic heterocycles. The lowest BCUT2D eigenvalue weighted by Crippen LogP contribution is -2.07. The summed E-state index contributed by atoms with van der Waals surface area (Å²) in [7, 11) is -3.79. The Bertz CT molecular complexity index is 906. The highest BCUT2D eigenvalue weighted by Gasteiger charge is 2.15. The number of benzene rings is 2. The van der Waals surface area contributed by atoms with Crippen molar-refractivity contribution in [2.45, 2.75) is 32.6 Å². The van der Waals surface area contributed by atoms with E-state index in [1.165, 1.54) is 18.3 Å². The number of ether oxygens (including phenoxy) is 2. The van der Waals surface area contributed by atoms with E-state index in [4.69, 9.17) is 21.1 Å². The molecule has 0 saturated carbocycles. The smallest absolute Gasteiger partial charge is 0.282 e. The van der Waals surface area contributed by atoms with Crippen LogP contribution in [0.5, 0.6) is 11.5 Å². The highest BCUT2D eigenvalue weighted by atomic mass is 35.5. The van der Waals surface area contributed by atoms with Crippen molar-refractivity contribution in [1.29, 1.82) is 0 Å². The Morgan fingerprint density at radius 3 is 2.41 bits per heavy atom. The summed E-state index contributed by atoms with van der Waals surface area (Å²) in [5, 5.41) is 0.343. The molecule has 0 saturated heterocycles. The highest BCUT2D eigenvalue weighted by molar-refractivity contribution is 7.90. The summed E-state index contributed by atoms with van der Waals surface area (Å²) in [5.41, 5.74) is 1.49. The fourth-order valence-corrected chi connectivity index (χ4v) is 3.35. The zero-order valence-electron chi connectivity index (χ0n) is 15.9. The van der Waals surface area contributed by atoms with Crippen LogP contribution in [-0.2, 0) is 10.0 Å². The summed E-state index contributed by atoms with van der Waals surface area (Å²) < 4.78 is 39.8. The lowest BCUT2D eigenvalue weighted by atomic mass is 10.2. The standard InChI is InChI=1S/C20H24ClNO4S/c1-5-25-19-11-16(10-18(21)20(19)26-13-14(2)3)12-22-27(23,24)17-8-6-15(4)7-9-17/h6-12,14H,5,13H2,1-4H3/b22-12-. The van der Waals surface area contributed by atoms with Gasteiger partial charge in [0.25, 0.3) is 10.0 Å². The van der Waals surface area contributed by atoms with E-state index in [0.717, 1.165) is 5.56 Å². The Morgan fingerprint density at radius 2 is 1.81 bits per heavy atom. The van der Waals surface area contributed by atoms with Gasteiger partial charge < -0.3 is 9.47 Å². The fourth-order valence-electron chi connectivity index (χ4n) is 2.22. The molecular formula is C20H24ClNO4S. The molecule has 5 nitrogen and oxygen atoms in total. The first-order valence-corrected chi connectivity index (χ1v) is 10.5. The van der Waals surface area contributed by atoms with Crippen LogP contribution in [0.25, 0.3) is 0 Å². The zero-order valence-corrected chi connectivity index (χ0v) is 17.5. The van der Waals surface area contributed by atoms with E-state index in [9.17, 15) is 8.42 Å². The predicted octanol–water partition coefficient (Wildman–Crippen LogP) is 4.89. The van der Waals surface area contributed by atoms with E-state index >= 15 is 0 Å². The van der Waals surface area contributed by atoms with Crippen LogP contribution in [0.4, 0.5) is 0 Å². The summed E-state index contributed by atoms with van der Waals surface area (Å²) in [6, 6.07) is 9.79. The van der Waals surface area contributed by atoms with Crippen molar-refractivity contribution in [3.8, 4) is 11.5 Å². The minimum Gasteiger partial charge on any atom is -0.490 e. The van der Waals surface area contributed by atoms with Crippen LogP contribution < -0.4 is 9.47 Å². The van der Waals surface area contributed by atoms with Gasteiger partial charge in [-0.25, -0.2) is 0 Å². The van der Waals surface area contributed by atoms with Crippen molar-refractivity contribution in [2.24, 2.45) is 10.3 Å². The zero-order chi connectivity index (χ0) is 20.0. The van der Waals surface area contributed by atoms with Gasteiger partial charge in [-0.15, -0.1) is 0 Å². The maximum absolute atomic E-state index is 12.4. The third-order valence-electron chi connectivity index (χ3n) is 3.55. The molecule has 2 aromatic rings. The third-order valence-corrected chi connectivity index (χ3v) is 5.08. The molecule has 0 aliphatic rings. The normalized spacial score (nSPS) is 11.9. The van der Waals surface area contributed by atoms with Gasteiger partial charge in [0, 0.05) is 6.21 Å². The maximum Gasteiger partial charge on any atom is 0.282 e. The molecule has 0 amide bonds. The second-order valence-electron chi connectivity index (χ2n) is 6.49. The molecule has 0 unspecified atom stereocenters. The molecule has 0 atom stereocenters. The van der Waals surface area contributed by atoms with Gasteiger partial charge in [-0.2, -0.15) is 12.8 Å². The van der Waals surface area contributed by atoms with E-state index in [1.54, 1.807) is 24.3 Å². The summed E-state index contributed by atoms with van der Waals surface area (Å²) in [6.45, 7) is 8.73.